The number of nitrogens with zero attached hydrogens (tertiary/aromatic N) is 4. The van der Waals surface area contributed by atoms with Gasteiger partial charge in [0.1, 0.15) is 11.6 Å². The van der Waals surface area contributed by atoms with E-state index in [0.717, 1.165) is 37.3 Å². The molecule has 2 aliphatic heterocycles. The average Bonchev–Trinajstić information content (AvgIpc) is 2.75. The molecular weight excluding hydrogens is 387 g/mol. The van der Waals surface area contributed by atoms with E-state index in [1.165, 1.54) is 0 Å². The van der Waals surface area contributed by atoms with E-state index in [1.54, 1.807) is 17.2 Å². The van der Waals surface area contributed by atoms with Crippen molar-refractivity contribution in [2.24, 2.45) is 0 Å². The molecule has 162 valence electrons. The third-order valence-corrected chi connectivity index (χ3v) is 5.64. The smallest absolute Gasteiger partial charge is 0.239 e. The van der Waals surface area contributed by atoms with Gasteiger partial charge in [-0.25, -0.2) is 9.37 Å². The summed E-state index contributed by atoms with van der Waals surface area (Å²) in [6.45, 7) is 9.07. The van der Waals surface area contributed by atoms with Crippen LogP contribution in [0.5, 0.6) is 0 Å². The van der Waals surface area contributed by atoms with Crippen LogP contribution in [0, 0.1) is 5.82 Å². The zero-order valence-electron chi connectivity index (χ0n) is 17.4. The summed E-state index contributed by atoms with van der Waals surface area (Å²) in [6, 6.07) is 5.23. The molecule has 0 aliphatic carbocycles. The summed E-state index contributed by atoms with van der Waals surface area (Å²) in [5.74, 6) is 0.890. The Balaban J connectivity index is 1.45. The van der Waals surface area contributed by atoms with Crippen LogP contribution < -0.4 is 15.5 Å². The van der Waals surface area contributed by atoms with Gasteiger partial charge in [0.25, 0.3) is 0 Å². The van der Waals surface area contributed by atoms with Gasteiger partial charge in [-0.15, -0.1) is 0 Å². The fourth-order valence-electron chi connectivity index (χ4n) is 3.83. The van der Waals surface area contributed by atoms with Crippen molar-refractivity contribution in [3.63, 3.8) is 0 Å². The first kappa shape index (κ1) is 20.9. The van der Waals surface area contributed by atoms with Gasteiger partial charge in [0.15, 0.2) is 0 Å². The molecular formula is C21H29FN6O2. The van der Waals surface area contributed by atoms with Gasteiger partial charge >= 0.3 is 0 Å². The maximum absolute atomic E-state index is 14.7. The molecule has 0 radical (unpaired) electrons. The van der Waals surface area contributed by atoms with E-state index >= 15 is 0 Å². The summed E-state index contributed by atoms with van der Waals surface area (Å²) >= 11 is 0. The van der Waals surface area contributed by atoms with Gasteiger partial charge in [0.05, 0.1) is 12.6 Å². The molecule has 1 aromatic carbocycles. The lowest BCUT2D eigenvalue weighted by Crippen LogP contribution is -2.43. The van der Waals surface area contributed by atoms with Gasteiger partial charge in [-0.05, 0) is 25.5 Å². The fourth-order valence-corrected chi connectivity index (χ4v) is 3.83. The number of piperazine rings is 1. The Kier molecular flexibility index (Phi) is 6.43. The monoisotopic (exact) mass is 416 g/mol. The molecule has 1 fully saturated rings. The number of fused-ring (bicyclic) bond motifs is 1. The number of ether oxygens (including phenoxy) is 1. The number of aromatic nitrogens is 2. The van der Waals surface area contributed by atoms with Crippen molar-refractivity contribution in [1.82, 2.24) is 20.2 Å². The van der Waals surface area contributed by atoms with Crippen molar-refractivity contribution in [1.29, 1.82) is 0 Å². The normalized spacial score (nSPS) is 20.7. The summed E-state index contributed by atoms with van der Waals surface area (Å²) in [5, 5.41) is 16.6. The number of benzene rings is 1. The Bertz CT molecular complexity index is 877. The summed E-state index contributed by atoms with van der Waals surface area (Å²) in [7, 11) is 0. The molecule has 0 saturated carbocycles. The largest absolute Gasteiger partial charge is 0.351 e. The Morgan fingerprint density at radius 2 is 2.17 bits per heavy atom. The molecule has 3 N–H and O–H groups in total. The number of aliphatic hydroxyl groups is 1. The quantitative estimate of drug-likeness (QED) is 0.658. The fraction of sp³-hybridized carbons (Fsp3) is 0.524. The first-order chi connectivity index (χ1) is 14.5. The molecule has 1 aromatic heterocycles. The van der Waals surface area contributed by atoms with Crippen molar-refractivity contribution >= 4 is 11.8 Å². The molecule has 0 amide bonds. The van der Waals surface area contributed by atoms with Crippen LogP contribution in [0.4, 0.5) is 16.2 Å². The van der Waals surface area contributed by atoms with E-state index in [0.29, 0.717) is 30.4 Å². The highest BCUT2D eigenvalue weighted by atomic mass is 19.1. The maximum Gasteiger partial charge on any atom is 0.239 e. The molecule has 8 nitrogen and oxygen atoms in total. The van der Waals surface area contributed by atoms with Crippen LogP contribution in [0.3, 0.4) is 0 Å². The number of hydrogen-bond donors (Lipinski definition) is 3. The number of halogens is 1. The molecule has 0 spiro atoms. The van der Waals surface area contributed by atoms with Crippen molar-refractivity contribution < 1.29 is 14.2 Å². The van der Waals surface area contributed by atoms with E-state index in [1.807, 2.05) is 26.0 Å². The molecule has 3 heterocycles. The minimum Gasteiger partial charge on any atom is -0.351 e. The lowest BCUT2D eigenvalue weighted by molar-refractivity contribution is -0.115. The van der Waals surface area contributed by atoms with E-state index in [-0.39, 0.29) is 18.5 Å². The Morgan fingerprint density at radius 3 is 2.90 bits per heavy atom. The van der Waals surface area contributed by atoms with Crippen molar-refractivity contribution in [3.8, 4) is 0 Å². The number of anilines is 2. The van der Waals surface area contributed by atoms with Gasteiger partial charge in [0, 0.05) is 56.6 Å². The van der Waals surface area contributed by atoms with Gasteiger partial charge < -0.3 is 25.4 Å². The first-order valence-electron chi connectivity index (χ1n) is 10.5. The topological polar surface area (TPSA) is 85.8 Å². The molecule has 2 atom stereocenters. The molecule has 1 unspecified atom stereocenters. The third kappa shape index (κ3) is 4.54. The number of aliphatic hydroxyl groups excluding tert-OH is 1. The highest BCUT2D eigenvalue weighted by molar-refractivity contribution is 5.51. The second-order valence-electron chi connectivity index (χ2n) is 7.71. The van der Waals surface area contributed by atoms with E-state index in [9.17, 15) is 9.50 Å². The first-order valence-corrected chi connectivity index (χ1v) is 10.5. The molecule has 4 rings (SSSR count). The average molecular weight is 417 g/mol. The Morgan fingerprint density at radius 1 is 1.37 bits per heavy atom. The minimum atomic E-state index is -1.01. The second-order valence-corrected chi connectivity index (χ2v) is 7.71. The SMILES string of the molecule is CCN1c2nc(N[C@@H](C)c3ccc(CN4CCNCC4)c(F)c3)ncc2COC1O. The van der Waals surface area contributed by atoms with Gasteiger partial charge in [-0.3, -0.25) is 4.90 Å². The Labute approximate surface area is 176 Å². The standard InChI is InChI=1S/C21H29FN6O2/c1-3-28-19-17(13-30-21(28)29)11-24-20(26-19)25-14(2)15-4-5-16(18(22)10-15)12-27-8-6-23-7-9-27/h4-5,10-11,14,21,23,29H,3,6-9,12-13H2,1-2H3,(H,24,25,26)/t14-,21?/m0/s1. The van der Waals surface area contributed by atoms with Crippen LogP contribution >= 0.6 is 0 Å². The maximum atomic E-state index is 14.7. The van der Waals surface area contributed by atoms with Crippen molar-refractivity contribution in [3.05, 3.63) is 46.9 Å². The predicted molar refractivity (Wildman–Crippen MR) is 112 cm³/mol. The molecule has 30 heavy (non-hydrogen) atoms. The number of nitrogens with one attached hydrogen (secondary N) is 2. The number of hydrogen-bond acceptors (Lipinski definition) is 8. The Hall–Kier alpha value is -2.33. The molecule has 2 aliphatic rings. The lowest BCUT2D eigenvalue weighted by Gasteiger charge is -2.33. The van der Waals surface area contributed by atoms with E-state index in [4.69, 9.17) is 4.74 Å². The second kappa shape index (κ2) is 9.22. The summed E-state index contributed by atoms with van der Waals surface area (Å²) in [4.78, 5) is 12.8. The zero-order chi connectivity index (χ0) is 21.1. The van der Waals surface area contributed by atoms with Crippen LogP contribution in [0.1, 0.15) is 36.6 Å². The molecule has 1 saturated heterocycles. The summed E-state index contributed by atoms with van der Waals surface area (Å²) in [6.07, 6.45) is 0.684. The summed E-state index contributed by atoms with van der Waals surface area (Å²) in [5.41, 5.74) is 2.36. The van der Waals surface area contributed by atoms with Crippen LogP contribution in [0.15, 0.2) is 24.4 Å². The van der Waals surface area contributed by atoms with Crippen LogP contribution in [0.2, 0.25) is 0 Å². The van der Waals surface area contributed by atoms with Gasteiger partial charge in [-0.1, -0.05) is 12.1 Å². The van der Waals surface area contributed by atoms with E-state index in [2.05, 4.69) is 25.5 Å². The minimum absolute atomic E-state index is 0.175. The molecule has 9 heteroatoms. The number of rotatable bonds is 6. The van der Waals surface area contributed by atoms with Crippen molar-refractivity contribution in [2.75, 3.05) is 42.9 Å². The lowest BCUT2D eigenvalue weighted by atomic mass is 10.0. The highest BCUT2D eigenvalue weighted by Gasteiger charge is 2.26. The highest BCUT2D eigenvalue weighted by Crippen LogP contribution is 2.28. The van der Waals surface area contributed by atoms with Crippen LogP contribution in [-0.4, -0.2) is 59.1 Å². The van der Waals surface area contributed by atoms with Gasteiger partial charge in [0.2, 0.25) is 12.4 Å². The molecule has 2 aromatic rings. The summed E-state index contributed by atoms with van der Waals surface area (Å²) < 4.78 is 20.0. The zero-order valence-corrected chi connectivity index (χ0v) is 17.4. The van der Waals surface area contributed by atoms with Gasteiger partial charge in [-0.2, -0.15) is 4.98 Å². The predicted octanol–water partition coefficient (Wildman–Crippen LogP) is 1.83. The third-order valence-electron chi connectivity index (χ3n) is 5.64. The van der Waals surface area contributed by atoms with Crippen LogP contribution in [0.25, 0.3) is 0 Å². The van der Waals surface area contributed by atoms with E-state index < -0.39 is 6.41 Å². The van der Waals surface area contributed by atoms with Crippen LogP contribution in [-0.2, 0) is 17.9 Å². The molecule has 0 bridgehead atoms. The van der Waals surface area contributed by atoms with Crippen molar-refractivity contribution in [2.45, 2.75) is 39.5 Å².